The molecular weight excluding hydrogens is 549 g/mol. The summed E-state index contributed by atoms with van der Waals surface area (Å²) in [4.78, 5) is 12.4. The van der Waals surface area contributed by atoms with E-state index < -0.39 is 25.0 Å². The third-order valence-electron chi connectivity index (χ3n) is 8.06. The van der Waals surface area contributed by atoms with Gasteiger partial charge in [-0.25, -0.2) is 4.79 Å². The second kappa shape index (κ2) is 14.0. The van der Waals surface area contributed by atoms with Gasteiger partial charge in [0, 0.05) is 12.2 Å². The molecule has 5 atom stereocenters. The van der Waals surface area contributed by atoms with E-state index in [-0.39, 0.29) is 12.6 Å². The lowest BCUT2D eigenvalue weighted by atomic mass is 9.73. The molecule has 228 valence electrons. The zero-order chi connectivity index (χ0) is 29.7. The average Bonchev–Trinajstić information content (AvgIpc) is 3.11. The zero-order valence-electron chi connectivity index (χ0n) is 27.2. The standard InChI is InChI=1S/C32H58O5Si3/c1-11-12-13-16-26(35-38(2,3)4)18-19-27-28-20-24-15-14-17-30(34-23-32(33)37-40(8,9)10)29(24)21-25(28)22-31(27)36-39(5,6)7/h14-15,17,25-28,31H,11-13,16,18-23H2,1-10H3/t25-,26-,27+,28-,31+/m0/s1. The summed E-state index contributed by atoms with van der Waals surface area (Å²) in [6.07, 6.45) is 11.2. The van der Waals surface area contributed by atoms with Crippen molar-refractivity contribution in [1.29, 1.82) is 0 Å². The van der Waals surface area contributed by atoms with Crippen molar-refractivity contribution < 1.29 is 22.8 Å². The van der Waals surface area contributed by atoms with Gasteiger partial charge in [0.25, 0.3) is 0 Å². The number of benzene rings is 1. The summed E-state index contributed by atoms with van der Waals surface area (Å²) in [7, 11) is -5.21. The number of ether oxygens (including phenoxy) is 1. The minimum atomic E-state index is -1.93. The Morgan fingerprint density at radius 3 is 2.27 bits per heavy atom. The highest BCUT2D eigenvalue weighted by Crippen LogP contribution is 2.50. The number of hydrogen-bond acceptors (Lipinski definition) is 5. The van der Waals surface area contributed by atoms with Gasteiger partial charge in [0.15, 0.2) is 23.2 Å². The van der Waals surface area contributed by atoms with Crippen LogP contribution in [-0.2, 0) is 30.9 Å². The van der Waals surface area contributed by atoms with Gasteiger partial charge in [-0.05, 0) is 132 Å². The highest BCUT2D eigenvalue weighted by atomic mass is 28.4. The minimum Gasteiger partial charge on any atom is -0.517 e. The van der Waals surface area contributed by atoms with Crippen LogP contribution < -0.4 is 4.74 Å². The summed E-state index contributed by atoms with van der Waals surface area (Å²) in [5.74, 6) is 2.39. The predicted octanol–water partition coefficient (Wildman–Crippen LogP) is 8.60. The van der Waals surface area contributed by atoms with Gasteiger partial charge in [-0.3, -0.25) is 0 Å². The summed E-state index contributed by atoms with van der Waals surface area (Å²) in [6.45, 7) is 22.3. The van der Waals surface area contributed by atoms with Crippen molar-refractivity contribution >= 4 is 30.9 Å². The van der Waals surface area contributed by atoms with E-state index in [4.69, 9.17) is 18.0 Å². The third kappa shape index (κ3) is 10.7. The van der Waals surface area contributed by atoms with Gasteiger partial charge in [-0.1, -0.05) is 38.3 Å². The molecule has 3 rings (SSSR count). The third-order valence-corrected chi connectivity index (χ3v) is 11.0. The van der Waals surface area contributed by atoms with E-state index in [1.165, 1.54) is 43.2 Å². The molecule has 2 aliphatic carbocycles. The SMILES string of the molecule is CCCCC[C@@H](CC[C@@H]1[C@H]2Cc3cccc(OCC(=O)O[Si](C)(C)C)c3C[C@H]2C[C@H]1O[Si](C)(C)C)O[Si](C)(C)C. The van der Waals surface area contributed by atoms with Crippen LogP contribution in [0.3, 0.4) is 0 Å². The van der Waals surface area contributed by atoms with E-state index in [1.807, 2.05) is 25.7 Å². The number of hydrogen-bond donors (Lipinski definition) is 0. The van der Waals surface area contributed by atoms with Crippen molar-refractivity contribution in [2.45, 2.75) is 136 Å². The second-order valence-corrected chi connectivity index (χ2v) is 28.5. The van der Waals surface area contributed by atoms with Gasteiger partial charge >= 0.3 is 5.97 Å². The summed E-state index contributed by atoms with van der Waals surface area (Å²) in [5.41, 5.74) is 2.67. The Morgan fingerprint density at radius 1 is 0.925 bits per heavy atom. The van der Waals surface area contributed by atoms with Crippen LogP contribution in [0.15, 0.2) is 18.2 Å². The Balaban J connectivity index is 1.76. The molecular formula is C32H58O5Si3. The molecule has 0 N–H and O–H groups in total. The zero-order valence-corrected chi connectivity index (χ0v) is 30.2. The quantitative estimate of drug-likeness (QED) is 0.148. The van der Waals surface area contributed by atoms with Crippen molar-refractivity contribution in [3.05, 3.63) is 29.3 Å². The van der Waals surface area contributed by atoms with Crippen molar-refractivity contribution in [3.63, 3.8) is 0 Å². The van der Waals surface area contributed by atoms with Crippen LogP contribution >= 0.6 is 0 Å². The molecule has 0 amide bonds. The Labute approximate surface area is 248 Å². The van der Waals surface area contributed by atoms with E-state index >= 15 is 0 Å². The van der Waals surface area contributed by atoms with Crippen LogP contribution in [-0.4, -0.2) is 49.7 Å². The Hall–Kier alpha value is -0.939. The summed E-state index contributed by atoms with van der Waals surface area (Å²) >= 11 is 0. The molecule has 5 nitrogen and oxygen atoms in total. The molecule has 0 spiro atoms. The first kappa shape index (κ1) is 33.6. The van der Waals surface area contributed by atoms with E-state index in [1.54, 1.807) is 0 Å². The molecule has 0 bridgehead atoms. The monoisotopic (exact) mass is 606 g/mol. The highest BCUT2D eigenvalue weighted by molar-refractivity contribution is 6.71. The Kier molecular flexibility index (Phi) is 11.8. The van der Waals surface area contributed by atoms with Crippen LogP contribution in [0, 0.1) is 17.8 Å². The van der Waals surface area contributed by atoms with Crippen molar-refractivity contribution in [2.75, 3.05) is 6.61 Å². The van der Waals surface area contributed by atoms with Gasteiger partial charge < -0.3 is 18.0 Å². The number of fused-ring (bicyclic) bond motifs is 2. The molecule has 8 heteroatoms. The van der Waals surface area contributed by atoms with Crippen molar-refractivity contribution in [2.24, 2.45) is 17.8 Å². The molecule has 1 fully saturated rings. The van der Waals surface area contributed by atoms with Crippen LogP contribution in [0.4, 0.5) is 0 Å². The molecule has 0 saturated heterocycles. The second-order valence-electron chi connectivity index (χ2n) is 15.2. The number of unbranched alkanes of at least 4 members (excludes halogenated alkanes) is 2. The highest BCUT2D eigenvalue weighted by Gasteiger charge is 2.47. The normalized spacial score (nSPS) is 23.9. The minimum absolute atomic E-state index is 0.0185. The first-order valence-corrected chi connectivity index (χ1v) is 26.1. The van der Waals surface area contributed by atoms with Crippen molar-refractivity contribution in [1.82, 2.24) is 0 Å². The van der Waals surface area contributed by atoms with Crippen molar-refractivity contribution in [3.8, 4) is 5.75 Å². The topological polar surface area (TPSA) is 54.0 Å². The smallest absolute Gasteiger partial charge is 0.330 e. The van der Waals surface area contributed by atoms with Crippen LogP contribution in [0.5, 0.6) is 5.75 Å². The van der Waals surface area contributed by atoms with E-state index in [0.29, 0.717) is 30.0 Å². The summed E-state index contributed by atoms with van der Waals surface area (Å²) in [5, 5.41) is 0. The fourth-order valence-corrected chi connectivity index (χ4v) is 9.93. The molecule has 2 aliphatic rings. The number of carbonyl (C=O) groups is 1. The number of carbonyl (C=O) groups excluding carboxylic acids is 1. The van der Waals surface area contributed by atoms with E-state index in [9.17, 15) is 4.79 Å². The van der Waals surface area contributed by atoms with Gasteiger partial charge in [-0.2, -0.15) is 0 Å². The fraction of sp³-hybridized carbons (Fsp3) is 0.781. The average molecular weight is 607 g/mol. The molecule has 0 aliphatic heterocycles. The maximum absolute atomic E-state index is 12.4. The Morgan fingerprint density at radius 2 is 1.65 bits per heavy atom. The van der Waals surface area contributed by atoms with Crippen LogP contribution in [0.25, 0.3) is 0 Å². The van der Waals surface area contributed by atoms with Crippen LogP contribution in [0.2, 0.25) is 58.9 Å². The lowest BCUT2D eigenvalue weighted by molar-refractivity contribution is -0.137. The van der Waals surface area contributed by atoms with Crippen LogP contribution in [0.1, 0.15) is 63.0 Å². The first-order valence-electron chi connectivity index (χ1n) is 15.9. The maximum Gasteiger partial charge on any atom is 0.330 e. The van der Waals surface area contributed by atoms with E-state index in [2.05, 4.69) is 58.3 Å². The number of rotatable bonds is 15. The molecule has 1 aromatic rings. The fourth-order valence-electron chi connectivity index (χ4n) is 6.77. The molecule has 0 radical (unpaired) electrons. The lowest BCUT2D eigenvalue weighted by Gasteiger charge is -2.35. The largest absolute Gasteiger partial charge is 0.517 e. The molecule has 1 saturated carbocycles. The molecule has 40 heavy (non-hydrogen) atoms. The molecule has 0 unspecified atom stereocenters. The summed E-state index contributed by atoms with van der Waals surface area (Å²) in [6, 6.07) is 6.38. The maximum atomic E-state index is 12.4. The Bertz CT molecular complexity index is 963. The molecule has 1 aromatic carbocycles. The molecule has 0 aromatic heterocycles. The molecule has 0 heterocycles. The lowest BCUT2D eigenvalue weighted by Crippen LogP contribution is -2.37. The van der Waals surface area contributed by atoms with E-state index in [0.717, 1.165) is 31.4 Å². The first-order chi connectivity index (χ1) is 18.5. The summed E-state index contributed by atoms with van der Waals surface area (Å²) < 4.78 is 25.3. The van der Waals surface area contributed by atoms with Gasteiger partial charge in [0.1, 0.15) is 5.75 Å². The van der Waals surface area contributed by atoms with Gasteiger partial charge in [0.05, 0.1) is 0 Å². The van der Waals surface area contributed by atoms with Gasteiger partial charge in [0.2, 0.25) is 8.32 Å². The van der Waals surface area contributed by atoms with Gasteiger partial charge in [-0.15, -0.1) is 0 Å². The predicted molar refractivity (Wildman–Crippen MR) is 174 cm³/mol.